The number of phenolic OH excluding ortho intramolecular Hbond substituents is 2. The summed E-state index contributed by atoms with van der Waals surface area (Å²) < 4.78 is 5.10. The third-order valence-corrected chi connectivity index (χ3v) is 5.94. The van der Waals surface area contributed by atoms with Gasteiger partial charge in [0.05, 0.1) is 11.7 Å². The van der Waals surface area contributed by atoms with Crippen LogP contribution in [0.4, 0.5) is 0 Å². The lowest BCUT2D eigenvalue weighted by Crippen LogP contribution is -2.41. The van der Waals surface area contributed by atoms with Crippen LogP contribution in [0, 0.1) is 11.3 Å². The van der Waals surface area contributed by atoms with Gasteiger partial charge in [-0.3, -0.25) is 0 Å². The largest absolute Gasteiger partial charge is 0.508 e. The van der Waals surface area contributed by atoms with Gasteiger partial charge in [0.2, 0.25) is 0 Å². The molecule has 1 saturated carbocycles. The Bertz CT molecular complexity index is 809. The highest BCUT2D eigenvalue weighted by molar-refractivity contribution is 5.91. The van der Waals surface area contributed by atoms with Gasteiger partial charge in [-0.2, -0.15) is 0 Å². The maximum Gasteiger partial charge on any atom is 0.336 e. The van der Waals surface area contributed by atoms with E-state index >= 15 is 0 Å². The van der Waals surface area contributed by atoms with Crippen molar-refractivity contribution in [3.05, 3.63) is 47.6 Å². The molecule has 4 N–H and O–H groups in total. The van der Waals surface area contributed by atoms with Crippen LogP contribution in [-0.2, 0) is 15.3 Å². The molecule has 0 aromatic heterocycles. The molecule has 146 valence electrons. The highest BCUT2D eigenvalue weighted by atomic mass is 16.7. The van der Waals surface area contributed by atoms with Crippen LogP contribution in [-0.4, -0.2) is 32.5 Å². The van der Waals surface area contributed by atoms with Crippen LogP contribution < -0.4 is 0 Å². The van der Waals surface area contributed by atoms with E-state index in [-0.39, 0.29) is 28.4 Å². The molecule has 3 rings (SSSR count). The molecule has 6 nitrogen and oxygen atoms in total. The van der Waals surface area contributed by atoms with Crippen LogP contribution in [0.2, 0.25) is 0 Å². The number of ether oxygens (including phenoxy) is 1. The fourth-order valence-electron chi connectivity index (χ4n) is 4.15. The molecule has 0 radical (unpaired) electrons. The quantitative estimate of drug-likeness (QED) is 0.367. The minimum atomic E-state index is -2.12. The number of carbonyl (C=O) groups excluding carboxylic acids is 1. The minimum absolute atomic E-state index is 0.0396. The third-order valence-electron chi connectivity index (χ3n) is 5.94. The second-order valence-electron chi connectivity index (χ2n) is 8.08. The summed E-state index contributed by atoms with van der Waals surface area (Å²) in [5.41, 5.74) is 0.906. The fraction of sp³-hybridized carbons (Fsp3) is 0.476. The first-order chi connectivity index (χ1) is 12.5. The Morgan fingerprint density at radius 3 is 2.70 bits per heavy atom. The summed E-state index contributed by atoms with van der Waals surface area (Å²) in [5, 5.41) is 40.6. The molecule has 0 spiro atoms. The zero-order chi connectivity index (χ0) is 20.0. The lowest BCUT2D eigenvalue weighted by molar-refractivity contribution is -0.182. The Morgan fingerprint density at radius 2 is 2.00 bits per heavy atom. The van der Waals surface area contributed by atoms with Gasteiger partial charge in [0.1, 0.15) is 11.5 Å². The number of cyclic esters (lactones) is 1. The normalized spacial score (nSPS) is 30.1. The number of phenols is 2. The Balaban J connectivity index is 1.81. The van der Waals surface area contributed by atoms with E-state index in [1.165, 1.54) is 18.2 Å². The van der Waals surface area contributed by atoms with Gasteiger partial charge < -0.3 is 25.2 Å². The van der Waals surface area contributed by atoms with Crippen molar-refractivity contribution in [1.29, 1.82) is 0 Å². The molecule has 0 amide bonds. The molecule has 1 aliphatic heterocycles. The molecule has 1 aliphatic carbocycles. The fourth-order valence-corrected chi connectivity index (χ4v) is 4.15. The first-order valence-corrected chi connectivity index (χ1v) is 9.10. The van der Waals surface area contributed by atoms with Crippen molar-refractivity contribution < 1.29 is 30.0 Å². The van der Waals surface area contributed by atoms with Gasteiger partial charge in [0.25, 0.3) is 5.79 Å². The van der Waals surface area contributed by atoms with Crippen LogP contribution in [0.25, 0.3) is 0 Å². The van der Waals surface area contributed by atoms with E-state index in [4.69, 9.17) is 4.74 Å². The van der Waals surface area contributed by atoms with Gasteiger partial charge in [-0.05, 0) is 55.2 Å². The van der Waals surface area contributed by atoms with E-state index in [1.807, 2.05) is 13.8 Å². The molecule has 27 heavy (non-hydrogen) atoms. The molecule has 3 atom stereocenters. The molecule has 1 fully saturated rings. The molecular formula is C21H26O6. The van der Waals surface area contributed by atoms with E-state index < -0.39 is 17.9 Å². The molecule has 1 heterocycles. The van der Waals surface area contributed by atoms with Crippen molar-refractivity contribution in [2.75, 3.05) is 0 Å². The van der Waals surface area contributed by atoms with Gasteiger partial charge in [-0.15, -0.1) is 0 Å². The Morgan fingerprint density at radius 1 is 1.30 bits per heavy atom. The summed E-state index contributed by atoms with van der Waals surface area (Å²) in [6.07, 6.45) is 3.22. The van der Waals surface area contributed by atoms with Crippen LogP contribution >= 0.6 is 0 Å². The maximum absolute atomic E-state index is 12.3. The molecule has 2 aliphatic rings. The first kappa shape index (κ1) is 19.5. The van der Waals surface area contributed by atoms with Gasteiger partial charge in [-0.25, -0.2) is 4.79 Å². The number of aromatic hydroxyl groups is 2. The standard InChI is InChI=1S/C21H26O6/c1-12-4-9-18(24)20(2,3)15(12)7-5-13-11-21(26,27-19(13)25)16-10-14(22)6-8-17(16)23/h6,8,10-11,15,18,22-24,26H,1,4-5,7,9H2,2-3H3. The molecule has 0 saturated heterocycles. The molecule has 6 heteroatoms. The molecule has 0 bridgehead atoms. The topological polar surface area (TPSA) is 107 Å². The van der Waals surface area contributed by atoms with Gasteiger partial charge in [-0.1, -0.05) is 26.0 Å². The number of aliphatic hydroxyl groups excluding tert-OH is 1. The number of benzene rings is 1. The minimum Gasteiger partial charge on any atom is -0.508 e. The predicted molar refractivity (Wildman–Crippen MR) is 98.7 cm³/mol. The summed E-state index contributed by atoms with van der Waals surface area (Å²) >= 11 is 0. The summed E-state index contributed by atoms with van der Waals surface area (Å²) in [5.74, 6) is -3.19. The number of allylic oxidation sites excluding steroid dienone is 1. The van der Waals surface area contributed by atoms with Crippen molar-refractivity contribution in [3.63, 3.8) is 0 Å². The Kier molecular flexibility index (Phi) is 4.82. The second-order valence-corrected chi connectivity index (χ2v) is 8.08. The van der Waals surface area contributed by atoms with E-state index in [9.17, 15) is 25.2 Å². The molecule has 3 unspecified atom stereocenters. The van der Waals surface area contributed by atoms with Gasteiger partial charge in [0, 0.05) is 11.6 Å². The zero-order valence-corrected chi connectivity index (χ0v) is 15.6. The third kappa shape index (κ3) is 3.47. The van der Waals surface area contributed by atoms with Crippen molar-refractivity contribution in [1.82, 2.24) is 0 Å². The monoisotopic (exact) mass is 374 g/mol. The predicted octanol–water partition coefficient (Wildman–Crippen LogP) is 2.86. The van der Waals surface area contributed by atoms with E-state index in [0.29, 0.717) is 24.8 Å². The number of esters is 1. The van der Waals surface area contributed by atoms with Crippen LogP contribution in [0.15, 0.2) is 42.0 Å². The highest BCUT2D eigenvalue weighted by Gasteiger charge is 2.44. The summed E-state index contributed by atoms with van der Waals surface area (Å²) in [7, 11) is 0. The lowest BCUT2D eigenvalue weighted by atomic mass is 9.63. The SMILES string of the molecule is C=C1CCC(O)C(C)(C)C1CCC1=CC(O)(c2cc(O)ccc2O)OC1=O. The van der Waals surface area contributed by atoms with Crippen molar-refractivity contribution in [2.45, 2.75) is 51.4 Å². The number of aliphatic hydroxyl groups is 2. The van der Waals surface area contributed by atoms with Crippen LogP contribution in [0.1, 0.15) is 45.1 Å². The van der Waals surface area contributed by atoms with Crippen LogP contribution in [0.3, 0.4) is 0 Å². The summed E-state index contributed by atoms with van der Waals surface area (Å²) in [6, 6.07) is 3.65. The zero-order valence-electron chi connectivity index (χ0n) is 15.6. The maximum atomic E-state index is 12.3. The summed E-state index contributed by atoms with van der Waals surface area (Å²) in [4.78, 5) is 12.3. The smallest absolute Gasteiger partial charge is 0.336 e. The highest BCUT2D eigenvalue weighted by Crippen LogP contribution is 2.47. The van der Waals surface area contributed by atoms with E-state index in [2.05, 4.69) is 6.58 Å². The lowest BCUT2D eigenvalue weighted by Gasteiger charge is -2.44. The van der Waals surface area contributed by atoms with Crippen LogP contribution in [0.5, 0.6) is 11.5 Å². The molecule has 1 aromatic carbocycles. The van der Waals surface area contributed by atoms with Crippen molar-refractivity contribution in [3.8, 4) is 11.5 Å². The molecule has 1 aromatic rings. The van der Waals surface area contributed by atoms with Crippen molar-refractivity contribution in [2.24, 2.45) is 11.3 Å². The van der Waals surface area contributed by atoms with E-state index in [1.54, 1.807) is 0 Å². The second kappa shape index (κ2) is 6.69. The Hall–Kier alpha value is -2.31. The number of carbonyl (C=O) groups is 1. The molecular weight excluding hydrogens is 348 g/mol. The summed E-state index contributed by atoms with van der Waals surface area (Å²) in [6.45, 7) is 8.12. The average molecular weight is 374 g/mol. The number of hydrogen-bond acceptors (Lipinski definition) is 6. The van der Waals surface area contributed by atoms with Crippen molar-refractivity contribution >= 4 is 5.97 Å². The van der Waals surface area contributed by atoms with Gasteiger partial charge >= 0.3 is 5.97 Å². The van der Waals surface area contributed by atoms with Gasteiger partial charge in [0.15, 0.2) is 0 Å². The average Bonchev–Trinajstić information content (AvgIpc) is 2.88. The first-order valence-electron chi connectivity index (χ1n) is 9.10. The van der Waals surface area contributed by atoms with E-state index in [0.717, 1.165) is 18.1 Å². The number of hydrogen-bond donors (Lipinski definition) is 4. The Labute approximate surface area is 158 Å². The number of rotatable bonds is 4.